The molecule has 1 aliphatic heterocycles. The molecule has 122 valence electrons. The molecule has 0 saturated carbocycles. The van der Waals surface area contributed by atoms with Crippen LogP contribution in [0, 0.1) is 5.92 Å². The van der Waals surface area contributed by atoms with Crippen molar-refractivity contribution in [1.29, 1.82) is 0 Å². The minimum Gasteiger partial charge on any atom is -0.381 e. The fourth-order valence-corrected chi connectivity index (χ4v) is 3.39. The number of rotatable bonds is 7. The van der Waals surface area contributed by atoms with Gasteiger partial charge in [-0.25, -0.2) is 0 Å². The smallest absolute Gasteiger partial charge is 0.0417 e. The van der Waals surface area contributed by atoms with Crippen LogP contribution in [-0.4, -0.2) is 19.6 Å². The lowest BCUT2D eigenvalue weighted by Gasteiger charge is -2.27. The van der Waals surface area contributed by atoms with Crippen molar-refractivity contribution in [3.63, 3.8) is 0 Å². The maximum atomic E-state index is 5.98. The summed E-state index contributed by atoms with van der Waals surface area (Å²) in [6.07, 6.45) is 0. The highest BCUT2D eigenvalue weighted by Gasteiger charge is 2.15. The minimum atomic E-state index is 0.746. The van der Waals surface area contributed by atoms with Gasteiger partial charge in [-0.15, -0.1) is 0 Å². The van der Waals surface area contributed by atoms with E-state index in [9.17, 15) is 0 Å². The molecule has 1 saturated heterocycles. The lowest BCUT2D eigenvalue weighted by atomic mass is 10.0. The Balaban J connectivity index is 1.52. The first-order chi connectivity index (χ1) is 11.2. The van der Waals surface area contributed by atoms with Gasteiger partial charge in [-0.3, -0.25) is 0 Å². The van der Waals surface area contributed by atoms with Gasteiger partial charge in [0.15, 0.2) is 0 Å². The van der Waals surface area contributed by atoms with Crippen LogP contribution in [0.5, 0.6) is 0 Å². The lowest BCUT2D eigenvalue weighted by molar-refractivity contribution is 0.331. The molecule has 0 unspecified atom stereocenters. The highest BCUT2D eigenvalue weighted by molar-refractivity contribution is 9.10. The second kappa shape index (κ2) is 8.15. The molecule has 3 N–H and O–H groups in total. The van der Waals surface area contributed by atoms with Crippen molar-refractivity contribution in [2.75, 3.05) is 25.0 Å². The Kier molecular flexibility index (Phi) is 5.95. The Morgan fingerprint density at radius 1 is 1.13 bits per heavy atom. The number of hydrogen-bond donors (Lipinski definition) is 3. The summed E-state index contributed by atoms with van der Waals surface area (Å²) in [6, 6.07) is 14.4. The Labute approximate surface area is 150 Å². The number of hydrogen-bond acceptors (Lipinski definition) is 3. The Morgan fingerprint density at radius 3 is 2.74 bits per heavy atom. The highest BCUT2D eigenvalue weighted by Crippen LogP contribution is 2.22. The normalized spacial score (nSPS) is 14.5. The maximum Gasteiger partial charge on any atom is 0.0417 e. The van der Waals surface area contributed by atoms with Crippen LogP contribution < -0.4 is 16.0 Å². The molecular formula is C18H21BrClN3. The molecule has 3 nitrogen and oxygen atoms in total. The van der Waals surface area contributed by atoms with E-state index in [2.05, 4.69) is 56.1 Å². The summed E-state index contributed by atoms with van der Waals surface area (Å²) in [5, 5.41) is 11.0. The molecule has 0 aromatic heterocycles. The topological polar surface area (TPSA) is 36.1 Å². The lowest BCUT2D eigenvalue weighted by Crippen LogP contribution is -2.47. The van der Waals surface area contributed by atoms with E-state index in [1.54, 1.807) is 0 Å². The van der Waals surface area contributed by atoms with Crippen molar-refractivity contribution in [3.8, 4) is 0 Å². The first kappa shape index (κ1) is 16.8. The van der Waals surface area contributed by atoms with E-state index in [1.807, 2.05) is 18.2 Å². The van der Waals surface area contributed by atoms with E-state index in [0.29, 0.717) is 0 Å². The summed E-state index contributed by atoms with van der Waals surface area (Å²) in [7, 11) is 0. The third kappa shape index (κ3) is 4.95. The molecule has 1 aliphatic rings. The molecule has 0 spiro atoms. The molecule has 0 atom stereocenters. The summed E-state index contributed by atoms with van der Waals surface area (Å²) >= 11 is 9.53. The zero-order valence-electron chi connectivity index (χ0n) is 12.9. The molecule has 0 aliphatic carbocycles. The Morgan fingerprint density at radius 2 is 2.00 bits per heavy atom. The third-order valence-corrected chi connectivity index (χ3v) is 5.03. The van der Waals surface area contributed by atoms with Crippen LogP contribution in [0.15, 0.2) is 46.9 Å². The Hall–Kier alpha value is -1.07. The summed E-state index contributed by atoms with van der Waals surface area (Å²) in [5.41, 5.74) is 3.63. The predicted molar refractivity (Wildman–Crippen MR) is 101 cm³/mol. The number of halogens is 2. The van der Waals surface area contributed by atoms with Crippen LogP contribution in [0.3, 0.4) is 0 Å². The van der Waals surface area contributed by atoms with Crippen molar-refractivity contribution in [1.82, 2.24) is 10.6 Å². The van der Waals surface area contributed by atoms with Gasteiger partial charge in [-0.05, 0) is 41.3 Å². The van der Waals surface area contributed by atoms with Crippen LogP contribution in [-0.2, 0) is 13.1 Å². The SMILES string of the molecule is Clc1ccc(CNc2cccc(CNCC3CNC3)c2)c(Br)c1. The van der Waals surface area contributed by atoms with Crippen molar-refractivity contribution in [2.45, 2.75) is 13.1 Å². The van der Waals surface area contributed by atoms with Gasteiger partial charge in [-0.2, -0.15) is 0 Å². The molecule has 0 radical (unpaired) electrons. The molecule has 1 heterocycles. The van der Waals surface area contributed by atoms with Gasteiger partial charge in [-0.1, -0.05) is 45.7 Å². The van der Waals surface area contributed by atoms with Crippen molar-refractivity contribution < 1.29 is 0 Å². The summed E-state index contributed by atoms with van der Waals surface area (Å²) in [4.78, 5) is 0. The average molecular weight is 395 g/mol. The molecule has 3 rings (SSSR count). The van der Waals surface area contributed by atoms with Crippen LogP contribution in [0.4, 0.5) is 5.69 Å². The standard InChI is InChI=1S/C18H21BrClN3/c19-18-7-16(20)5-4-15(18)12-23-17-3-1-2-13(6-17)8-21-9-14-10-22-11-14/h1-7,14,21-23H,8-12H2. The van der Waals surface area contributed by atoms with Gasteiger partial charge in [0.2, 0.25) is 0 Å². The molecule has 23 heavy (non-hydrogen) atoms. The minimum absolute atomic E-state index is 0.746. The van der Waals surface area contributed by atoms with Crippen molar-refractivity contribution in [2.24, 2.45) is 5.92 Å². The van der Waals surface area contributed by atoms with Crippen LogP contribution in [0.2, 0.25) is 5.02 Å². The monoisotopic (exact) mass is 393 g/mol. The van der Waals surface area contributed by atoms with E-state index in [0.717, 1.165) is 53.8 Å². The van der Waals surface area contributed by atoms with Crippen LogP contribution in [0.1, 0.15) is 11.1 Å². The van der Waals surface area contributed by atoms with Crippen molar-refractivity contribution >= 4 is 33.2 Å². The molecule has 5 heteroatoms. The van der Waals surface area contributed by atoms with Crippen LogP contribution >= 0.6 is 27.5 Å². The molecule has 0 bridgehead atoms. The van der Waals surface area contributed by atoms with Crippen molar-refractivity contribution in [3.05, 3.63) is 63.1 Å². The summed E-state index contributed by atoms with van der Waals surface area (Å²) < 4.78 is 1.03. The van der Waals surface area contributed by atoms with E-state index in [1.165, 1.54) is 11.1 Å². The maximum absolute atomic E-state index is 5.98. The Bertz CT molecular complexity index is 658. The van der Waals surface area contributed by atoms with Gasteiger partial charge in [0, 0.05) is 47.9 Å². The quantitative estimate of drug-likeness (QED) is 0.664. The first-order valence-corrected chi connectivity index (χ1v) is 9.06. The second-order valence-electron chi connectivity index (χ2n) is 5.94. The molecular weight excluding hydrogens is 374 g/mol. The van der Waals surface area contributed by atoms with E-state index in [-0.39, 0.29) is 0 Å². The number of benzene rings is 2. The molecule has 1 fully saturated rings. The second-order valence-corrected chi connectivity index (χ2v) is 7.24. The molecule has 0 amide bonds. The molecule has 2 aromatic rings. The fraction of sp³-hybridized carbons (Fsp3) is 0.333. The van der Waals surface area contributed by atoms with Gasteiger partial charge < -0.3 is 16.0 Å². The average Bonchev–Trinajstić information content (AvgIpc) is 2.49. The van der Waals surface area contributed by atoms with E-state index >= 15 is 0 Å². The zero-order valence-corrected chi connectivity index (χ0v) is 15.3. The zero-order chi connectivity index (χ0) is 16.1. The molecule has 2 aromatic carbocycles. The largest absolute Gasteiger partial charge is 0.381 e. The fourth-order valence-electron chi connectivity index (χ4n) is 2.57. The number of nitrogens with one attached hydrogen (secondary N) is 3. The number of anilines is 1. The first-order valence-electron chi connectivity index (χ1n) is 7.89. The highest BCUT2D eigenvalue weighted by atomic mass is 79.9. The van der Waals surface area contributed by atoms with E-state index in [4.69, 9.17) is 11.6 Å². The van der Waals surface area contributed by atoms with Gasteiger partial charge in [0.1, 0.15) is 0 Å². The van der Waals surface area contributed by atoms with Gasteiger partial charge in [0.25, 0.3) is 0 Å². The van der Waals surface area contributed by atoms with Crippen LogP contribution in [0.25, 0.3) is 0 Å². The van der Waals surface area contributed by atoms with Gasteiger partial charge >= 0.3 is 0 Å². The summed E-state index contributed by atoms with van der Waals surface area (Å²) in [6.45, 7) is 5.05. The van der Waals surface area contributed by atoms with E-state index < -0.39 is 0 Å². The van der Waals surface area contributed by atoms with Gasteiger partial charge in [0.05, 0.1) is 0 Å². The predicted octanol–water partition coefficient (Wildman–Crippen LogP) is 4.02. The summed E-state index contributed by atoms with van der Waals surface area (Å²) in [5.74, 6) is 0.790. The third-order valence-electron chi connectivity index (χ3n) is 4.05.